The minimum absolute atomic E-state index is 0.00284. The number of carbonyl (C=O) groups is 2. The highest BCUT2D eigenvalue weighted by Gasteiger charge is 2.33. The van der Waals surface area contributed by atoms with Gasteiger partial charge in [-0.25, -0.2) is 4.79 Å². The van der Waals surface area contributed by atoms with Gasteiger partial charge in [-0.2, -0.15) is 0 Å². The lowest BCUT2D eigenvalue weighted by atomic mass is 9.81. The molecule has 2 aliphatic rings. The van der Waals surface area contributed by atoms with E-state index in [4.69, 9.17) is 23.7 Å². The second-order valence-electron chi connectivity index (χ2n) is 8.20. The van der Waals surface area contributed by atoms with Crippen molar-refractivity contribution in [3.8, 4) is 17.2 Å². The summed E-state index contributed by atoms with van der Waals surface area (Å²) in [5.41, 5.74) is 3.24. The molecule has 0 radical (unpaired) electrons. The van der Waals surface area contributed by atoms with Gasteiger partial charge in [0.1, 0.15) is 12.3 Å². The fraction of sp³-hybridized carbons (Fsp3) is 0.500. The van der Waals surface area contributed by atoms with Crippen LogP contribution in [0.25, 0.3) is 0 Å². The van der Waals surface area contributed by atoms with Gasteiger partial charge in [0.2, 0.25) is 5.75 Å². The van der Waals surface area contributed by atoms with Gasteiger partial charge in [0, 0.05) is 24.3 Å². The van der Waals surface area contributed by atoms with Gasteiger partial charge in [-0.15, -0.1) is 0 Å². The van der Waals surface area contributed by atoms with Gasteiger partial charge in [0.25, 0.3) is 0 Å². The zero-order valence-electron chi connectivity index (χ0n) is 18.9. The lowest BCUT2D eigenvalue weighted by Gasteiger charge is -2.24. The van der Waals surface area contributed by atoms with Crippen LogP contribution in [0.3, 0.4) is 0 Å². The number of carbonyl (C=O) groups excluding carboxylic acids is 2. The predicted octanol–water partition coefficient (Wildman–Crippen LogP) is 3.60. The Hall–Kier alpha value is -3.00. The summed E-state index contributed by atoms with van der Waals surface area (Å²) >= 11 is 0. The van der Waals surface area contributed by atoms with Gasteiger partial charge in [0.05, 0.1) is 27.4 Å². The van der Waals surface area contributed by atoms with Gasteiger partial charge in [-0.05, 0) is 55.4 Å². The van der Waals surface area contributed by atoms with Crippen LogP contribution in [-0.2, 0) is 15.9 Å². The maximum absolute atomic E-state index is 13.0. The van der Waals surface area contributed by atoms with Crippen molar-refractivity contribution in [3.63, 3.8) is 0 Å². The fourth-order valence-electron chi connectivity index (χ4n) is 4.63. The zero-order chi connectivity index (χ0) is 22.8. The van der Waals surface area contributed by atoms with Crippen molar-refractivity contribution in [2.45, 2.75) is 44.6 Å². The van der Waals surface area contributed by atoms with E-state index in [1.165, 1.54) is 0 Å². The molecule has 2 unspecified atom stereocenters. The maximum atomic E-state index is 13.0. The van der Waals surface area contributed by atoms with E-state index in [0.29, 0.717) is 53.5 Å². The first-order chi connectivity index (χ1) is 15.5. The number of H-pyrrole nitrogens is 1. The number of aromatic amines is 1. The molecule has 4 rings (SSSR count). The number of ether oxygens (including phenoxy) is 5. The normalized spacial score (nSPS) is 20.1. The molecule has 0 spiro atoms. The first kappa shape index (κ1) is 22.2. The minimum atomic E-state index is -0.454. The highest BCUT2D eigenvalue weighted by atomic mass is 16.6. The Labute approximate surface area is 187 Å². The molecule has 1 aliphatic carbocycles. The number of methoxy groups -OCH3 is 3. The number of hydrogen-bond acceptors (Lipinski definition) is 7. The Bertz CT molecular complexity index is 995. The van der Waals surface area contributed by atoms with E-state index in [9.17, 15) is 9.59 Å². The van der Waals surface area contributed by atoms with Crippen LogP contribution >= 0.6 is 0 Å². The molecular formula is C24H29NO7. The molecule has 2 heterocycles. The summed E-state index contributed by atoms with van der Waals surface area (Å²) in [6.45, 7) is 2.72. The number of ketones is 1. The number of aromatic nitrogens is 1. The SMILES string of the molecule is COc1cc(C2CC(=O)c3c([nH]c(C(=O)OCC4CCCO4)c3C)C2)cc(OC)c1OC. The number of hydrogen-bond donors (Lipinski definition) is 1. The Morgan fingerprint density at radius 2 is 1.84 bits per heavy atom. The summed E-state index contributed by atoms with van der Waals surface area (Å²) < 4.78 is 27.3. The highest BCUT2D eigenvalue weighted by molar-refractivity contribution is 6.03. The summed E-state index contributed by atoms with van der Waals surface area (Å²) in [6.07, 6.45) is 2.74. The summed E-state index contributed by atoms with van der Waals surface area (Å²) in [7, 11) is 4.68. The quantitative estimate of drug-likeness (QED) is 0.653. The average molecular weight is 443 g/mol. The molecule has 0 saturated carbocycles. The molecule has 1 aromatic heterocycles. The van der Waals surface area contributed by atoms with Gasteiger partial charge < -0.3 is 28.7 Å². The molecule has 1 saturated heterocycles. The van der Waals surface area contributed by atoms with Crippen LogP contribution in [0.15, 0.2) is 12.1 Å². The van der Waals surface area contributed by atoms with E-state index in [-0.39, 0.29) is 24.4 Å². The predicted molar refractivity (Wildman–Crippen MR) is 116 cm³/mol. The Morgan fingerprint density at radius 1 is 1.12 bits per heavy atom. The lowest BCUT2D eigenvalue weighted by molar-refractivity contribution is 0.0156. The van der Waals surface area contributed by atoms with E-state index >= 15 is 0 Å². The van der Waals surface area contributed by atoms with Crippen molar-refractivity contribution >= 4 is 11.8 Å². The molecule has 1 N–H and O–H groups in total. The summed E-state index contributed by atoms with van der Waals surface area (Å²) in [5.74, 6) is 1.05. The lowest BCUT2D eigenvalue weighted by Crippen LogP contribution is -2.19. The fourth-order valence-corrected chi connectivity index (χ4v) is 4.63. The third kappa shape index (κ3) is 4.07. The molecular weight excluding hydrogens is 414 g/mol. The maximum Gasteiger partial charge on any atom is 0.355 e. The second-order valence-corrected chi connectivity index (χ2v) is 8.20. The molecule has 8 heteroatoms. The number of Topliss-reactive ketones (excluding diaryl/α,β-unsaturated/α-hetero) is 1. The number of nitrogens with one attached hydrogen (secondary N) is 1. The van der Waals surface area contributed by atoms with Gasteiger partial charge in [0.15, 0.2) is 17.3 Å². The smallest absolute Gasteiger partial charge is 0.355 e. The van der Waals surface area contributed by atoms with Crippen LogP contribution in [0.2, 0.25) is 0 Å². The van der Waals surface area contributed by atoms with Gasteiger partial charge >= 0.3 is 5.97 Å². The van der Waals surface area contributed by atoms with Crippen molar-refractivity contribution in [3.05, 3.63) is 40.2 Å². The van der Waals surface area contributed by atoms with Crippen LogP contribution < -0.4 is 14.2 Å². The average Bonchev–Trinajstić information content (AvgIpc) is 3.44. The van der Waals surface area contributed by atoms with Crippen molar-refractivity contribution in [1.82, 2.24) is 4.98 Å². The largest absolute Gasteiger partial charge is 0.493 e. The van der Waals surface area contributed by atoms with Crippen LogP contribution in [-0.4, -0.2) is 57.4 Å². The first-order valence-corrected chi connectivity index (χ1v) is 10.8. The topological polar surface area (TPSA) is 96.1 Å². The molecule has 1 aliphatic heterocycles. The highest BCUT2D eigenvalue weighted by Crippen LogP contribution is 2.43. The van der Waals surface area contributed by atoms with Crippen LogP contribution in [0.4, 0.5) is 0 Å². The molecule has 32 heavy (non-hydrogen) atoms. The van der Waals surface area contributed by atoms with Gasteiger partial charge in [-0.3, -0.25) is 4.79 Å². The van der Waals surface area contributed by atoms with Crippen LogP contribution in [0.5, 0.6) is 17.2 Å². The molecule has 2 atom stereocenters. The molecule has 2 aromatic rings. The zero-order valence-corrected chi connectivity index (χ0v) is 18.9. The van der Waals surface area contributed by atoms with Crippen molar-refractivity contribution < 1.29 is 33.3 Å². The van der Waals surface area contributed by atoms with Gasteiger partial charge in [-0.1, -0.05) is 0 Å². The second kappa shape index (κ2) is 9.24. The Morgan fingerprint density at radius 3 is 2.44 bits per heavy atom. The summed E-state index contributed by atoms with van der Waals surface area (Å²) in [5, 5.41) is 0. The molecule has 172 valence electrons. The monoisotopic (exact) mass is 443 g/mol. The van der Waals surface area contributed by atoms with E-state index in [0.717, 1.165) is 24.1 Å². The standard InChI is InChI=1S/C24H29NO7/c1-13-21-17(25-22(13)24(27)32-12-16-6-5-7-31-16)8-14(9-18(21)26)15-10-19(28-2)23(30-4)20(11-15)29-3/h10-11,14,16,25H,5-9,12H2,1-4H3. The summed E-state index contributed by atoms with van der Waals surface area (Å²) in [4.78, 5) is 28.9. The van der Waals surface area contributed by atoms with E-state index in [1.807, 2.05) is 12.1 Å². The van der Waals surface area contributed by atoms with E-state index in [1.54, 1.807) is 28.3 Å². The number of esters is 1. The third-order valence-electron chi connectivity index (χ3n) is 6.28. The Kier molecular flexibility index (Phi) is 6.41. The van der Waals surface area contributed by atoms with E-state index < -0.39 is 5.97 Å². The molecule has 0 bridgehead atoms. The number of rotatable bonds is 7. The molecule has 1 fully saturated rings. The minimum Gasteiger partial charge on any atom is -0.493 e. The molecule has 1 aromatic carbocycles. The van der Waals surface area contributed by atoms with E-state index in [2.05, 4.69) is 4.98 Å². The van der Waals surface area contributed by atoms with Crippen LogP contribution in [0.1, 0.15) is 62.8 Å². The summed E-state index contributed by atoms with van der Waals surface area (Å²) in [6, 6.07) is 3.74. The Balaban J connectivity index is 1.58. The molecule has 0 amide bonds. The number of benzene rings is 1. The third-order valence-corrected chi connectivity index (χ3v) is 6.28. The van der Waals surface area contributed by atoms with Crippen molar-refractivity contribution in [2.24, 2.45) is 0 Å². The van der Waals surface area contributed by atoms with Crippen molar-refractivity contribution in [1.29, 1.82) is 0 Å². The van der Waals surface area contributed by atoms with Crippen LogP contribution in [0, 0.1) is 6.92 Å². The first-order valence-electron chi connectivity index (χ1n) is 10.8. The molecule has 8 nitrogen and oxygen atoms in total. The van der Waals surface area contributed by atoms with Crippen molar-refractivity contribution in [2.75, 3.05) is 34.5 Å². The number of fused-ring (bicyclic) bond motifs is 1.